The predicted molar refractivity (Wildman–Crippen MR) is 228 cm³/mol. The van der Waals surface area contributed by atoms with E-state index in [0.29, 0.717) is 5.82 Å². The van der Waals surface area contributed by atoms with Crippen molar-refractivity contribution in [2.75, 3.05) is 0 Å². The van der Waals surface area contributed by atoms with Gasteiger partial charge in [-0.3, -0.25) is 4.98 Å². The molecule has 4 heteroatoms. The van der Waals surface area contributed by atoms with Gasteiger partial charge in [0.25, 0.3) is 0 Å². The fraction of sp³-hybridized carbons (Fsp3) is 0. The summed E-state index contributed by atoms with van der Waals surface area (Å²) in [7, 11) is 0. The minimum absolute atomic E-state index is 0.693. The highest BCUT2D eigenvalue weighted by Crippen LogP contribution is 2.44. The summed E-state index contributed by atoms with van der Waals surface area (Å²) in [5.41, 5.74) is 10.3. The Morgan fingerprint density at radius 2 is 0.945 bits per heavy atom. The summed E-state index contributed by atoms with van der Waals surface area (Å²) in [5, 5.41) is 10.1. The first-order chi connectivity index (χ1) is 27.3. The summed E-state index contributed by atoms with van der Waals surface area (Å²) in [6.07, 6.45) is 1.82. The van der Waals surface area contributed by atoms with Gasteiger partial charge in [-0.25, -0.2) is 9.97 Å². The molecule has 0 aliphatic carbocycles. The molecule has 0 N–H and O–H groups in total. The molecule has 3 aromatic heterocycles. The molecular weight excluding hydrogens is 669 g/mol. The molecule has 0 saturated heterocycles. The molecule has 0 aliphatic rings. The van der Waals surface area contributed by atoms with Crippen molar-refractivity contribution in [3.05, 3.63) is 194 Å². The van der Waals surface area contributed by atoms with E-state index in [9.17, 15) is 0 Å². The Morgan fingerprint density at radius 1 is 0.364 bits per heavy atom. The molecule has 0 fully saturated rings. The van der Waals surface area contributed by atoms with Crippen LogP contribution in [0.2, 0.25) is 0 Å². The summed E-state index contributed by atoms with van der Waals surface area (Å²) in [5.74, 6) is 0.693. The number of fused-ring (bicyclic) bond motifs is 10. The van der Waals surface area contributed by atoms with Gasteiger partial charge in [-0.15, -0.1) is 0 Å². The molecule has 0 spiro atoms. The Hall–Kier alpha value is -7.43. The smallest absolute Gasteiger partial charge is 0.160 e. The Balaban J connectivity index is 1.09. The monoisotopic (exact) mass is 700 g/mol. The van der Waals surface area contributed by atoms with Crippen LogP contribution in [0.25, 0.3) is 105 Å². The van der Waals surface area contributed by atoms with E-state index in [1.54, 1.807) is 0 Å². The lowest BCUT2D eigenvalue weighted by molar-refractivity contribution is 1.17. The molecule has 256 valence electrons. The average Bonchev–Trinajstić information content (AvgIpc) is 3.62. The Labute approximate surface area is 317 Å². The van der Waals surface area contributed by atoms with Crippen molar-refractivity contribution >= 4 is 54.1 Å². The second kappa shape index (κ2) is 12.6. The van der Waals surface area contributed by atoms with Crippen LogP contribution in [0.15, 0.2) is 194 Å². The van der Waals surface area contributed by atoms with Gasteiger partial charge in [-0.05, 0) is 63.3 Å². The van der Waals surface area contributed by atoms with Gasteiger partial charge in [0.1, 0.15) is 0 Å². The quantitative estimate of drug-likeness (QED) is 0.168. The van der Waals surface area contributed by atoms with Gasteiger partial charge in [0.05, 0.1) is 28.1 Å². The lowest BCUT2D eigenvalue weighted by atomic mass is 9.93. The summed E-state index contributed by atoms with van der Waals surface area (Å²) < 4.78 is 2.45. The van der Waals surface area contributed by atoms with Crippen LogP contribution in [0.3, 0.4) is 0 Å². The maximum absolute atomic E-state index is 5.13. The molecule has 3 heterocycles. The fourth-order valence-electron chi connectivity index (χ4n) is 8.30. The molecular formula is C51H32N4. The van der Waals surface area contributed by atoms with Crippen molar-refractivity contribution in [1.29, 1.82) is 0 Å². The molecule has 0 radical (unpaired) electrons. The van der Waals surface area contributed by atoms with Gasteiger partial charge >= 0.3 is 0 Å². The number of hydrogen-bond acceptors (Lipinski definition) is 3. The number of benzene rings is 8. The van der Waals surface area contributed by atoms with E-state index in [0.717, 1.165) is 45.0 Å². The zero-order valence-electron chi connectivity index (χ0n) is 29.8. The largest absolute Gasteiger partial charge is 0.309 e. The van der Waals surface area contributed by atoms with Crippen LogP contribution >= 0.6 is 0 Å². The number of hydrogen-bond donors (Lipinski definition) is 0. The highest BCUT2D eigenvalue weighted by atomic mass is 15.0. The van der Waals surface area contributed by atoms with Crippen LogP contribution in [0.4, 0.5) is 0 Å². The van der Waals surface area contributed by atoms with Crippen molar-refractivity contribution < 1.29 is 0 Å². The van der Waals surface area contributed by atoms with Gasteiger partial charge in [0.2, 0.25) is 0 Å². The highest BCUT2D eigenvalue weighted by Gasteiger charge is 2.20. The molecule has 0 bridgehead atoms. The Kier molecular flexibility index (Phi) is 7.14. The zero-order chi connectivity index (χ0) is 36.3. The SMILES string of the molecule is c1ccc(-c2nc(-c3ccc(-c4ccccn4)cc3)cc(-c3ccc(-n4c5ccccc5c5c6ccccc6c6c7ccccc7ccc6c54)cc3)n2)cc1. The highest BCUT2D eigenvalue weighted by molar-refractivity contribution is 6.36. The normalized spacial score (nSPS) is 11.6. The van der Waals surface area contributed by atoms with Crippen molar-refractivity contribution in [3.63, 3.8) is 0 Å². The molecule has 8 aromatic carbocycles. The summed E-state index contributed by atoms with van der Waals surface area (Å²) >= 11 is 0. The first-order valence-electron chi connectivity index (χ1n) is 18.6. The summed E-state index contributed by atoms with van der Waals surface area (Å²) in [6, 6.07) is 66.6. The van der Waals surface area contributed by atoms with E-state index in [2.05, 4.69) is 161 Å². The lowest BCUT2D eigenvalue weighted by Crippen LogP contribution is -1.97. The molecule has 0 saturated carbocycles. The molecule has 0 unspecified atom stereocenters. The number of rotatable bonds is 5. The van der Waals surface area contributed by atoms with Crippen LogP contribution in [-0.4, -0.2) is 19.5 Å². The zero-order valence-corrected chi connectivity index (χ0v) is 29.8. The lowest BCUT2D eigenvalue weighted by Gasteiger charge is -2.14. The van der Waals surface area contributed by atoms with E-state index < -0.39 is 0 Å². The number of pyridine rings is 1. The van der Waals surface area contributed by atoms with E-state index in [-0.39, 0.29) is 0 Å². The van der Waals surface area contributed by atoms with Crippen molar-refractivity contribution in [1.82, 2.24) is 19.5 Å². The third-order valence-corrected chi connectivity index (χ3v) is 10.8. The van der Waals surface area contributed by atoms with Crippen molar-refractivity contribution in [2.45, 2.75) is 0 Å². The van der Waals surface area contributed by atoms with Crippen LogP contribution in [0.5, 0.6) is 0 Å². The van der Waals surface area contributed by atoms with Gasteiger partial charge in [-0.2, -0.15) is 0 Å². The van der Waals surface area contributed by atoms with E-state index in [1.165, 1.54) is 54.1 Å². The molecule has 0 aliphatic heterocycles. The van der Waals surface area contributed by atoms with E-state index in [4.69, 9.17) is 9.97 Å². The topological polar surface area (TPSA) is 43.6 Å². The first-order valence-corrected chi connectivity index (χ1v) is 18.6. The molecule has 11 aromatic rings. The minimum Gasteiger partial charge on any atom is -0.309 e. The maximum Gasteiger partial charge on any atom is 0.160 e. The van der Waals surface area contributed by atoms with Crippen LogP contribution in [-0.2, 0) is 0 Å². The molecule has 4 nitrogen and oxygen atoms in total. The Morgan fingerprint density at radius 3 is 1.65 bits per heavy atom. The standard InChI is InChI=1S/C51H32N4/c1-2-13-37(14-3-1)51-53-45(35-23-21-34(22-24-35)44-19-10-11-31-52-44)32-46(54-51)36-25-28-38(29-26-36)55-47-20-9-8-18-42(47)49-41-17-7-6-16-40(41)48-39-15-5-4-12-33(39)27-30-43(48)50(49)55/h1-32H. The van der Waals surface area contributed by atoms with Crippen LogP contribution in [0, 0.1) is 0 Å². The predicted octanol–water partition coefficient (Wildman–Crippen LogP) is 13.1. The third-order valence-electron chi connectivity index (χ3n) is 10.8. The van der Waals surface area contributed by atoms with Crippen LogP contribution < -0.4 is 0 Å². The van der Waals surface area contributed by atoms with Crippen molar-refractivity contribution in [3.8, 4) is 50.8 Å². The van der Waals surface area contributed by atoms with Gasteiger partial charge in [0, 0.05) is 50.3 Å². The number of aromatic nitrogens is 4. The molecule has 55 heavy (non-hydrogen) atoms. The molecule has 0 atom stereocenters. The molecule has 11 rings (SSSR count). The van der Waals surface area contributed by atoms with Gasteiger partial charge in [-0.1, -0.05) is 152 Å². The maximum atomic E-state index is 5.13. The second-order valence-corrected chi connectivity index (χ2v) is 14.0. The van der Waals surface area contributed by atoms with E-state index >= 15 is 0 Å². The number of nitrogens with zero attached hydrogens (tertiary/aromatic N) is 4. The Bertz CT molecular complexity index is 3220. The molecule has 0 amide bonds. The number of para-hydroxylation sites is 1. The van der Waals surface area contributed by atoms with Gasteiger partial charge in [0.15, 0.2) is 5.82 Å². The minimum atomic E-state index is 0.693. The third kappa shape index (κ3) is 5.11. The van der Waals surface area contributed by atoms with Crippen molar-refractivity contribution in [2.24, 2.45) is 0 Å². The average molecular weight is 701 g/mol. The van der Waals surface area contributed by atoms with Gasteiger partial charge < -0.3 is 4.57 Å². The fourth-order valence-corrected chi connectivity index (χ4v) is 8.30. The second-order valence-electron chi connectivity index (χ2n) is 14.0. The first kappa shape index (κ1) is 31.1. The van der Waals surface area contributed by atoms with Crippen LogP contribution in [0.1, 0.15) is 0 Å². The van der Waals surface area contributed by atoms with E-state index in [1.807, 2.05) is 42.6 Å². The summed E-state index contributed by atoms with van der Waals surface area (Å²) in [6.45, 7) is 0. The summed E-state index contributed by atoms with van der Waals surface area (Å²) in [4.78, 5) is 14.7.